The summed E-state index contributed by atoms with van der Waals surface area (Å²) < 4.78 is 51.2. The Balaban J connectivity index is 1.69. The van der Waals surface area contributed by atoms with Crippen molar-refractivity contribution in [2.45, 2.75) is 38.6 Å². The number of hydrogen-bond donors (Lipinski definition) is 1. The normalized spacial score (nSPS) is 26.0. The van der Waals surface area contributed by atoms with Crippen molar-refractivity contribution in [1.29, 1.82) is 0 Å². The first kappa shape index (κ1) is 17.3. The molecule has 1 N–H and O–H groups in total. The molecule has 0 radical (unpaired) electrons. The van der Waals surface area contributed by atoms with Crippen LogP contribution in [0, 0.1) is 18.8 Å². The van der Waals surface area contributed by atoms with Crippen LogP contribution in [0.5, 0.6) is 0 Å². The number of sulfone groups is 1. The lowest BCUT2D eigenvalue weighted by Gasteiger charge is -2.23. The second-order valence-electron chi connectivity index (χ2n) is 6.66. The van der Waals surface area contributed by atoms with Crippen molar-refractivity contribution in [1.82, 2.24) is 9.71 Å². The van der Waals surface area contributed by atoms with Crippen molar-refractivity contribution in [3.8, 4) is 0 Å². The Morgan fingerprint density at radius 3 is 2.70 bits per heavy atom. The SMILES string of the molecule is Cc1csc(C(NS(=O)(=O)CC2CCCS(=O)(=O)C2)C2CC2)n1. The molecule has 2 aliphatic rings. The lowest BCUT2D eigenvalue weighted by Crippen LogP contribution is -2.37. The van der Waals surface area contributed by atoms with E-state index in [2.05, 4.69) is 9.71 Å². The fourth-order valence-corrected chi connectivity index (χ4v) is 7.72. The van der Waals surface area contributed by atoms with Crippen molar-refractivity contribution in [3.05, 3.63) is 16.1 Å². The minimum absolute atomic E-state index is 0.0155. The molecule has 2 heterocycles. The molecule has 3 rings (SSSR count). The van der Waals surface area contributed by atoms with Gasteiger partial charge in [0.25, 0.3) is 0 Å². The molecule has 2 atom stereocenters. The van der Waals surface area contributed by atoms with Gasteiger partial charge in [0.2, 0.25) is 10.0 Å². The average Bonchev–Trinajstić information content (AvgIpc) is 3.16. The summed E-state index contributed by atoms with van der Waals surface area (Å²) in [6, 6.07) is -0.265. The van der Waals surface area contributed by atoms with Gasteiger partial charge in [-0.05, 0) is 44.4 Å². The molecular weight excluding hydrogens is 356 g/mol. The third-order valence-corrected chi connectivity index (χ3v) is 8.77. The van der Waals surface area contributed by atoms with Crippen LogP contribution in [0.25, 0.3) is 0 Å². The maximum absolute atomic E-state index is 12.5. The van der Waals surface area contributed by atoms with E-state index in [1.54, 1.807) is 0 Å². The molecule has 1 aliphatic heterocycles. The van der Waals surface area contributed by atoms with Gasteiger partial charge < -0.3 is 0 Å². The molecule has 2 unspecified atom stereocenters. The number of aryl methyl sites for hydroxylation is 1. The van der Waals surface area contributed by atoms with E-state index in [4.69, 9.17) is 0 Å². The van der Waals surface area contributed by atoms with Gasteiger partial charge >= 0.3 is 0 Å². The minimum atomic E-state index is -3.52. The van der Waals surface area contributed by atoms with E-state index in [-0.39, 0.29) is 29.2 Å². The lowest BCUT2D eigenvalue weighted by molar-refractivity contribution is 0.491. The molecule has 1 aliphatic carbocycles. The molecule has 1 saturated carbocycles. The highest BCUT2D eigenvalue weighted by atomic mass is 32.2. The van der Waals surface area contributed by atoms with Crippen LogP contribution in [0.4, 0.5) is 0 Å². The van der Waals surface area contributed by atoms with Gasteiger partial charge in [-0.3, -0.25) is 0 Å². The Kier molecular flexibility index (Phi) is 4.83. The Morgan fingerprint density at radius 1 is 1.39 bits per heavy atom. The molecule has 6 nitrogen and oxygen atoms in total. The van der Waals surface area contributed by atoms with Gasteiger partial charge in [0, 0.05) is 11.1 Å². The number of rotatable bonds is 6. The molecule has 1 aromatic heterocycles. The van der Waals surface area contributed by atoms with Gasteiger partial charge in [-0.1, -0.05) is 0 Å². The minimum Gasteiger partial charge on any atom is -0.245 e. The van der Waals surface area contributed by atoms with E-state index >= 15 is 0 Å². The molecule has 0 bridgehead atoms. The maximum Gasteiger partial charge on any atom is 0.212 e. The Bertz CT molecular complexity index is 766. The number of nitrogens with zero attached hydrogens (tertiary/aromatic N) is 1. The van der Waals surface area contributed by atoms with Crippen LogP contribution >= 0.6 is 11.3 Å². The van der Waals surface area contributed by atoms with Crippen molar-refractivity contribution in [2.24, 2.45) is 11.8 Å². The lowest BCUT2D eigenvalue weighted by atomic mass is 10.1. The topological polar surface area (TPSA) is 93.2 Å². The first-order valence-electron chi connectivity index (χ1n) is 7.86. The molecule has 0 spiro atoms. The van der Waals surface area contributed by atoms with E-state index in [9.17, 15) is 16.8 Å². The fraction of sp³-hybridized carbons (Fsp3) is 0.786. The molecule has 1 saturated heterocycles. The smallest absolute Gasteiger partial charge is 0.212 e. The van der Waals surface area contributed by atoms with E-state index in [1.807, 2.05) is 12.3 Å². The van der Waals surface area contributed by atoms with E-state index in [0.29, 0.717) is 18.8 Å². The van der Waals surface area contributed by atoms with Crippen LogP contribution in [0.1, 0.15) is 42.4 Å². The monoisotopic (exact) mass is 378 g/mol. The summed E-state index contributed by atoms with van der Waals surface area (Å²) in [7, 11) is -6.61. The zero-order chi connectivity index (χ0) is 16.7. The van der Waals surface area contributed by atoms with Gasteiger partial charge in [0.15, 0.2) is 9.84 Å². The quantitative estimate of drug-likeness (QED) is 0.812. The second-order valence-corrected chi connectivity index (χ2v) is 11.6. The van der Waals surface area contributed by atoms with E-state index in [1.165, 1.54) is 11.3 Å². The molecule has 0 amide bonds. The predicted molar refractivity (Wildman–Crippen MR) is 90.6 cm³/mol. The summed E-state index contributed by atoms with van der Waals surface area (Å²) in [4.78, 5) is 4.42. The third kappa shape index (κ3) is 4.74. The summed E-state index contributed by atoms with van der Waals surface area (Å²) in [5, 5.41) is 2.73. The molecule has 2 fully saturated rings. The van der Waals surface area contributed by atoms with Crippen LogP contribution in [0.3, 0.4) is 0 Å². The highest BCUT2D eigenvalue weighted by Crippen LogP contribution is 2.42. The summed E-state index contributed by atoms with van der Waals surface area (Å²) in [5.74, 6) is 0.0627. The average molecular weight is 379 g/mol. The largest absolute Gasteiger partial charge is 0.245 e. The Hall–Kier alpha value is -0.510. The van der Waals surface area contributed by atoms with Crippen molar-refractivity contribution in [2.75, 3.05) is 17.3 Å². The van der Waals surface area contributed by atoms with Crippen LogP contribution < -0.4 is 4.72 Å². The molecular formula is C14H22N2O4S3. The summed E-state index contributed by atoms with van der Waals surface area (Å²) in [6.07, 6.45) is 3.22. The maximum atomic E-state index is 12.5. The number of nitrogens with one attached hydrogen (secondary N) is 1. The highest BCUT2D eigenvalue weighted by Gasteiger charge is 2.38. The van der Waals surface area contributed by atoms with Gasteiger partial charge in [0.1, 0.15) is 5.01 Å². The molecule has 1 aromatic rings. The highest BCUT2D eigenvalue weighted by molar-refractivity contribution is 7.91. The molecule has 23 heavy (non-hydrogen) atoms. The predicted octanol–water partition coefficient (Wildman–Crippen LogP) is 1.65. The van der Waals surface area contributed by atoms with Crippen molar-refractivity contribution in [3.63, 3.8) is 0 Å². The van der Waals surface area contributed by atoms with Gasteiger partial charge in [-0.25, -0.2) is 26.5 Å². The number of hydrogen-bond acceptors (Lipinski definition) is 6. The van der Waals surface area contributed by atoms with Crippen LogP contribution in [-0.2, 0) is 19.9 Å². The summed E-state index contributed by atoms with van der Waals surface area (Å²) in [6.45, 7) is 1.89. The molecule has 9 heteroatoms. The number of thiazole rings is 1. The first-order valence-corrected chi connectivity index (χ1v) is 12.2. The number of sulfonamides is 1. The van der Waals surface area contributed by atoms with Crippen molar-refractivity contribution < 1.29 is 16.8 Å². The Morgan fingerprint density at radius 2 is 2.13 bits per heavy atom. The van der Waals surface area contributed by atoms with Crippen LogP contribution in [0.15, 0.2) is 5.38 Å². The van der Waals surface area contributed by atoms with Gasteiger partial charge in [-0.15, -0.1) is 11.3 Å². The molecule has 130 valence electrons. The third-order valence-electron chi connectivity index (χ3n) is 4.32. The van der Waals surface area contributed by atoms with E-state index in [0.717, 1.165) is 23.5 Å². The van der Waals surface area contributed by atoms with Gasteiger partial charge in [-0.2, -0.15) is 0 Å². The summed E-state index contributed by atoms with van der Waals surface area (Å²) >= 11 is 1.48. The fourth-order valence-electron chi connectivity index (χ4n) is 3.09. The van der Waals surface area contributed by atoms with Crippen LogP contribution in [0.2, 0.25) is 0 Å². The summed E-state index contributed by atoms with van der Waals surface area (Å²) in [5.41, 5.74) is 0.897. The standard InChI is InChI=1S/C14H22N2O4S3/c1-10-7-21-14(15-10)13(12-4-5-12)16-23(19,20)9-11-3-2-6-22(17,18)8-11/h7,11-13,16H,2-6,8-9H2,1H3. The zero-order valence-electron chi connectivity index (χ0n) is 13.1. The zero-order valence-corrected chi connectivity index (χ0v) is 15.5. The van der Waals surface area contributed by atoms with E-state index < -0.39 is 19.9 Å². The van der Waals surface area contributed by atoms with Crippen molar-refractivity contribution >= 4 is 31.2 Å². The van der Waals surface area contributed by atoms with Gasteiger partial charge in [0.05, 0.1) is 23.3 Å². The van der Waals surface area contributed by atoms with Crippen LogP contribution in [-0.4, -0.2) is 39.1 Å². The first-order chi connectivity index (χ1) is 10.7. The second kappa shape index (κ2) is 6.42. The molecule has 0 aromatic carbocycles. The Labute approximate surface area is 141 Å². The number of aromatic nitrogens is 1.